The highest BCUT2D eigenvalue weighted by Crippen LogP contribution is 2.52. The van der Waals surface area contributed by atoms with Crippen LogP contribution < -0.4 is 9.80 Å². The van der Waals surface area contributed by atoms with E-state index in [0.29, 0.717) is 61.0 Å². The predicted octanol–water partition coefficient (Wildman–Crippen LogP) is 7.60. The van der Waals surface area contributed by atoms with Crippen molar-refractivity contribution in [3.05, 3.63) is 77.0 Å². The number of aromatic nitrogens is 1. The average Bonchev–Trinajstić information content (AvgIpc) is 3.28. The fourth-order valence-corrected chi connectivity index (χ4v) is 7.86. The number of carbonyl (C=O) groups is 1. The van der Waals surface area contributed by atoms with Crippen molar-refractivity contribution < 1.29 is 40.2 Å². The number of nitrogens with zero attached hydrogens (tertiary/aromatic N) is 4. The van der Waals surface area contributed by atoms with E-state index in [1.165, 1.54) is 32.0 Å². The summed E-state index contributed by atoms with van der Waals surface area (Å²) in [5, 5.41) is 0. The molecule has 2 aliphatic heterocycles. The van der Waals surface area contributed by atoms with Crippen LogP contribution in [0, 0.1) is 6.92 Å². The van der Waals surface area contributed by atoms with E-state index in [1.807, 2.05) is 42.2 Å². The van der Waals surface area contributed by atoms with Crippen LogP contribution in [0.2, 0.25) is 0 Å². The Hall–Kier alpha value is -3.33. The van der Waals surface area contributed by atoms with Gasteiger partial charge in [0.05, 0.1) is 34.2 Å². The Morgan fingerprint density at radius 2 is 1.53 bits per heavy atom. The summed E-state index contributed by atoms with van der Waals surface area (Å²) in [5.74, 6) is 0.169. The molecule has 14 heteroatoms. The van der Waals surface area contributed by atoms with E-state index in [4.69, 9.17) is 0 Å². The molecule has 0 aliphatic carbocycles. The van der Waals surface area contributed by atoms with E-state index in [-0.39, 0.29) is 12.1 Å². The second-order valence-electron chi connectivity index (χ2n) is 12.0. The minimum absolute atomic E-state index is 0.0421. The summed E-state index contributed by atoms with van der Waals surface area (Å²) in [5.41, 5.74) is -2.65. The molecule has 2 aromatic carbocycles. The third-order valence-corrected chi connectivity index (χ3v) is 10.7. The maximum atomic E-state index is 14.0. The number of rotatable bonds is 5. The zero-order valence-electron chi connectivity index (χ0n) is 25.1. The largest absolute Gasteiger partial charge is 0.416 e. The molecule has 0 spiro atoms. The Labute approximate surface area is 258 Å². The first-order chi connectivity index (χ1) is 20.8. The quantitative estimate of drug-likeness (QED) is 0.276. The maximum Gasteiger partial charge on any atom is 0.416 e. The van der Waals surface area contributed by atoms with Crippen LogP contribution in [0.1, 0.15) is 42.5 Å². The fraction of sp³-hybridized carbons (Fsp3) is 0.419. The molecule has 1 atom stereocenters. The number of anilines is 2. The molecular formula is C31H34F6N4O3S. The van der Waals surface area contributed by atoms with Crippen molar-refractivity contribution in [1.29, 1.82) is 0 Å². The lowest BCUT2D eigenvalue weighted by atomic mass is 9.81. The molecule has 1 unspecified atom stereocenters. The Balaban J connectivity index is 1.54. The summed E-state index contributed by atoms with van der Waals surface area (Å²) < 4.78 is 104. The first kappa shape index (κ1) is 33.0. The minimum atomic E-state index is -5.06. The van der Waals surface area contributed by atoms with Gasteiger partial charge < -0.3 is 9.80 Å². The van der Waals surface area contributed by atoms with Crippen LogP contribution in [-0.2, 0) is 22.6 Å². The first-order valence-corrected chi connectivity index (χ1v) is 15.9. The number of likely N-dealkylation sites (N-methyl/N-ethyl adjacent to an activating group) is 1. The predicted molar refractivity (Wildman–Crippen MR) is 162 cm³/mol. The van der Waals surface area contributed by atoms with Gasteiger partial charge in [-0.3, -0.25) is 13.9 Å². The summed E-state index contributed by atoms with van der Waals surface area (Å²) in [4.78, 5) is 21.9. The molecule has 0 radical (unpaired) electrons. The Bertz CT molecular complexity index is 1580. The van der Waals surface area contributed by atoms with Crippen molar-refractivity contribution in [3.63, 3.8) is 0 Å². The molecule has 7 nitrogen and oxygen atoms in total. The van der Waals surface area contributed by atoms with E-state index in [1.54, 1.807) is 4.31 Å². The van der Waals surface area contributed by atoms with Crippen LogP contribution in [0.15, 0.2) is 54.7 Å². The third kappa shape index (κ3) is 6.38. The number of carbonyl (C=O) groups excluding carboxylic acids is 1. The minimum Gasteiger partial charge on any atom is -0.354 e. The number of alkyl halides is 6. The van der Waals surface area contributed by atoms with Crippen LogP contribution in [0.5, 0.6) is 0 Å². The van der Waals surface area contributed by atoms with Crippen LogP contribution in [0.4, 0.5) is 37.8 Å². The van der Waals surface area contributed by atoms with Crippen LogP contribution in [-0.4, -0.2) is 62.8 Å². The van der Waals surface area contributed by atoms with Gasteiger partial charge in [0.2, 0.25) is 5.91 Å². The smallest absolute Gasteiger partial charge is 0.354 e. The number of aryl methyl sites for hydroxylation is 1. The molecule has 3 aromatic rings. The van der Waals surface area contributed by atoms with Gasteiger partial charge in [-0.25, -0.2) is 4.98 Å². The molecule has 0 bridgehead atoms. The molecule has 45 heavy (non-hydrogen) atoms. The number of fused-ring (bicyclic) bond motifs is 1. The molecule has 0 saturated carbocycles. The Morgan fingerprint density at radius 3 is 2.13 bits per heavy atom. The van der Waals surface area contributed by atoms with Gasteiger partial charge in [-0.1, -0.05) is 24.3 Å². The lowest BCUT2D eigenvalue weighted by Crippen LogP contribution is -2.50. The number of hydrogen-bond acceptors (Lipinski definition) is 6. The highest BCUT2D eigenvalue weighted by atomic mass is 32.3. The highest BCUT2D eigenvalue weighted by Gasteiger charge is 2.43. The topological polar surface area (TPSA) is 80.1 Å². The first-order valence-electron chi connectivity index (χ1n) is 14.2. The molecule has 2 N–H and O–H groups in total. The summed E-state index contributed by atoms with van der Waals surface area (Å²) >= 11 is 0. The third-order valence-electron chi connectivity index (χ3n) is 8.67. The van der Waals surface area contributed by atoms with Crippen molar-refractivity contribution in [2.24, 2.45) is 0 Å². The van der Waals surface area contributed by atoms with Gasteiger partial charge in [-0.05, 0) is 68.1 Å². The summed E-state index contributed by atoms with van der Waals surface area (Å²) in [7, 11) is -1.36. The summed E-state index contributed by atoms with van der Waals surface area (Å²) in [6.45, 7) is 5.89. The molecule has 1 amide bonds. The van der Waals surface area contributed by atoms with Gasteiger partial charge in [0.25, 0.3) is 0 Å². The van der Waals surface area contributed by atoms with Crippen molar-refractivity contribution in [1.82, 2.24) is 9.29 Å². The second kappa shape index (κ2) is 11.5. The number of benzene rings is 2. The zero-order chi connectivity index (χ0) is 33.1. The van der Waals surface area contributed by atoms with E-state index < -0.39 is 51.1 Å². The fourth-order valence-electron chi connectivity index (χ4n) is 6.01. The molecule has 3 heterocycles. The second-order valence-corrected chi connectivity index (χ2v) is 14.2. The lowest BCUT2D eigenvalue weighted by molar-refractivity contribution is -0.143. The lowest BCUT2D eigenvalue weighted by Gasteiger charge is -2.45. The van der Waals surface area contributed by atoms with E-state index in [9.17, 15) is 40.2 Å². The highest BCUT2D eigenvalue weighted by molar-refractivity contribution is 8.22. The molecular weight excluding hydrogens is 622 g/mol. The van der Waals surface area contributed by atoms with Crippen molar-refractivity contribution >= 4 is 28.2 Å². The maximum absolute atomic E-state index is 14.0. The molecule has 2 aliphatic rings. The Morgan fingerprint density at radius 1 is 0.933 bits per heavy atom. The molecule has 244 valence electrons. The van der Waals surface area contributed by atoms with Gasteiger partial charge in [0.1, 0.15) is 5.82 Å². The van der Waals surface area contributed by atoms with Gasteiger partial charge in [0, 0.05) is 38.3 Å². The van der Waals surface area contributed by atoms with Crippen LogP contribution in [0.3, 0.4) is 0 Å². The van der Waals surface area contributed by atoms with E-state index in [0.717, 1.165) is 11.1 Å². The molecule has 5 rings (SSSR count). The number of piperazine rings is 1. The molecule has 2 fully saturated rings. The monoisotopic (exact) mass is 656 g/mol. The summed E-state index contributed by atoms with van der Waals surface area (Å²) in [6.07, 6.45) is -8.01. The van der Waals surface area contributed by atoms with Crippen molar-refractivity contribution in [3.8, 4) is 11.1 Å². The number of pyridine rings is 1. The zero-order valence-corrected chi connectivity index (χ0v) is 25.9. The standard InChI is InChI=1S/C31H34F6N4O3S/c1-19-7-5-6-8-24(19)25-16-27(40-10-11-41-23(18-40)9-12-45(41,43)44)38-17-26(25)39(4)28(42)29(2,3)20-13-21(30(32,33)34)15-22(14-20)31(35,36)37/h5-8,13-17,23,43-44H,9-12,18H2,1-4H3. The van der Waals surface area contributed by atoms with Crippen LogP contribution in [0.25, 0.3) is 11.1 Å². The van der Waals surface area contributed by atoms with E-state index >= 15 is 0 Å². The summed E-state index contributed by atoms with van der Waals surface area (Å²) in [6, 6.07) is 10.4. The van der Waals surface area contributed by atoms with Crippen molar-refractivity contribution in [2.45, 2.75) is 51.0 Å². The number of hydrogen-bond donors (Lipinski definition) is 2. The van der Waals surface area contributed by atoms with Gasteiger partial charge >= 0.3 is 12.4 Å². The molecule has 1 aromatic heterocycles. The SMILES string of the molecule is Cc1ccccc1-c1cc(N2CCN3C(CCS3(O)O)C2)ncc1N(C)C(=O)C(C)(C)c1cc(C(F)(F)F)cc(C(F)(F)F)c1. The van der Waals surface area contributed by atoms with E-state index in [2.05, 4.69) is 4.98 Å². The van der Waals surface area contributed by atoms with Gasteiger partial charge in [-0.2, -0.15) is 30.6 Å². The van der Waals surface area contributed by atoms with Crippen molar-refractivity contribution in [2.75, 3.05) is 42.2 Å². The Kier molecular flexibility index (Phi) is 8.43. The normalized spacial score (nSPS) is 19.7. The average molecular weight is 657 g/mol. The van der Waals surface area contributed by atoms with Crippen LogP contribution >= 0.6 is 10.8 Å². The van der Waals surface area contributed by atoms with Gasteiger partial charge in [0.15, 0.2) is 0 Å². The number of amides is 1. The molecule has 2 saturated heterocycles. The van der Waals surface area contributed by atoms with Gasteiger partial charge in [-0.15, -0.1) is 10.8 Å². The number of halogens is 6.